The summed E-state index contributed by atoms with van der Waals surface area (Å²) in [5.41, 5.74) is 4.01. The Morgan fingerprint density at radius 1 is 1.10 bits per heavy atom. The number of aromatic nitrogens is 2. The highest BCUT2D eigenvalue weighted by Crippen LogP contribution is 2.30. The number of imidazole rings is 1. The summed E-state index contributed by atoms with van der Waals surface area (Å²) in [6.07, 6.45) is 0. The molecule has 2 aromatic carbocycles. The number of carbonyl (C=O) groups excluding carboxylic acids is 2. The molecule has 31 heavy (non-hydrogen) atoms. The van der Waals surface area contributed by atoms with Crippen LogP contribution >= 0.6 is 11.6 Å². The third-order valence-electron chi connectivity index (χ3n) is 5.49. The van der Waals surface area contributed by atoms with E-state index >= 15 is 0 Å². The minimum atomic E-state index is -0.340. The molecule has 160 valence electrons. The number of nitrogens with zero attached hydrogens (tertiary/aromatic N) is 3. The second-order valence-electron chi connectivity index (χ2n) is 7.66. The first kappa shape index (κ1) is 21.1. The number of likely N-dealkylation sites (N-methyl/N-ethyl adjacent to an activating group) is 1. The van der Waals surface area contributed by atoms with Gasteiger partial charge in [-0.3, -0.25) is 14.5 Å². The van der Waals surface area contributed by atoms with E-state index in [4.69, 9.17) is 16.6 Å². The summed E-state index contributed by atoms with van der Waals surface area (Å²) in [6, 6.07) is 12.6. The number of carbonyl (C=O) groups is 2. The second kappa shape index (κ2) is 8.53. The topological polar surface area (TPSA) is 79.3 Å². The molecule has 1 aliphatic rings. The molecule has 0 radical (unpaired) electrons. The van der Waals surface area contributed by atoms with Crippen molar-refractivity contribution in [3.05, 3.63) is 70.0 Å². The molecule has 1 aromatic heterocycles. The Hall–Kier alpha value is -3.16. The van der Waals surface area contributed by atoms with Gasteiger partial charge in [0.25, 0.3) is 11.8 Å². The lowest BCUT2D eigenvalue weighted by Gasteiger charge is -2.26. The van der Waals surface area contributed by atoms with Crippen molar-refractivity contribution in [1.29, 1.82) is 0 Å². The highest BCUT2D eigenvalue weighted by Gasteiger charge is 2.28. The van der Waals surface area contributed by atoms with Crippen molar-refractivity contribution < 1.29 is 9.59 Å². The Labute approximate surface area is 186 Å². The minimum Gasteiger partial charge on any atom is -0.355 e. The van der Waals surface area contributed by atoms with Crippen molar-refractivity contribution >= 4 is 29.1 Å². The molecule has 2 amide bonds. The molecule has 7 nitrogen and oxygen atoms in total. The van der Waals surface area contributed by atoms with Crippen LogP contribution in [0.2, 0.25) is 5.02 Å². The molecule has 0 saturated heterocycles. The monoisotopic (exact) mass is 437 g/mol. The van der Waals surface area contributed by atoms with Crippen LogP contribution in [-0.2, 0) is 13.1 Å². The zero-order valence-corrected chi connectivity index (χ0v) is 18.5. The average molecular weight is 438 g/mol. The molecule has 3 aromatic rings. The number of amides is 2. The Kier molecular flexibility index (Phi) is 5.80. The molecule has 1 aliphatic heterocycles. The van der Waals surface area contributed by atoms with E-state index in [1.165, 1.54) is 0 Å². The van der Waals surface area contributed by atoms with Gasteiger partial charge in [0.15, 0.2) is 5.69 Å². The smallest absolute Gasteiger partial charge is 0.276 e. The van der Waals surface area contributed by atoms with Gasteiger partial charge in [-0.25, -0.2) is 4.98 Å². The van der Waals surface area contributed by atoms with Gasteiger partial charge in [0.1, 0.15) is 5.82 Å². The average Bonchev–Trinajstić information content (AvgIpc) is 3.12. The third-order valence-corrected chi connectivity index (χ3v) is 5.72. The molecule has 0 aliphatic carbocycles. The fraction of sp³-hybridized carbons (Fsp3) is 0.261. The number of rotatable bonds is 4. The summed E-state index contributed by atoms with van der Waals surface area (Å²) in [5, 5.41) is 6.14. The highest BCUT2D eigenvalue weighted by atomic mass is 35.5. The molecule has 0 fully saturated rings. The number of nitrogens with one attached hydrogen (secondary N) is 2. The molecule has 8 heteroatoms. The molecular weight excluding hydrogens is 414 g/mol. The molecule has 0 atom stereocenters. The zero-order valence-electron chi connectivity index (χ0n) is 17.7. The van der Waals surface area contributed by atoms with Gasteiger partial charge >= 0.3 is 0 Å². The van der Waals surface area contributed by atoms with E-state index in [1.54, 1.807) is 31.3 Å². The lowest BCUT2D eigenvalue weighted by atomic mass is 10.1. The summed E-state index contributed by atoms with van der Waals surface area (Å²) in [4.78, 5) is 32.4. The van der Waals surface area contributed by atoms with Crippen LogP contribution in [0.1, 0.15) is 32.1 Å². The molecular formula is C23H24ClN5O2. The van der Waals surface area contributed by atoms with Crippen molar-refractivity contribution in [3.8, 4) is 11.4 Å². The number of hydrogen-bond acceptors (Lipinski definition) is 4. The quantitative estimate of drug-likeness (QED) is 0.654. The summed E-state index contributed by atoms with van der Waals surface area (Å²) < 4.78 is 2.11. The van der Waals surface area contributed by atoms with E-state index in [2.05, 4.69) is 20.1 Å². The van der Waals surface area contributed by atoms with E-state index < -0.39 is 0 Å². The summed E-state index contributed by atoms with van der Waals surface area (Å²) in [6.45, 7) is 4.19. The van der Waals surface area contributed by atoms with Crippen molar-refractivity contribution in [3.63, 3.8) is 0 Å². The molecule has 2 heterocycles. The van der Waals surface area contributed by atoms with Crippen LogP contribution in [0, 0.1) is 6.92 Å². The second-order valence-corrected chi connectivity index (χ2v) is 8.09. The first-order valence-corrected chi connectivity index (χ1v) is 10.4. The van der Waals surface area contributed by atoms with Crippen LogP contribution in [-0.4, -0.2) is 46.9 Å². The Morgan fingerprint density at radius 2 is 1.87 bits per heavy atom. The number of benzene rings is 2. The van der Waals surface area contributed by atoms with Crippen molar-refractivity contribution in [2.75, 3.05) is 26.0 Å². The molecule has 4 rings (SSSR count). The fourth-order valence-corrected chi connectivity index (χ4v) is 4.09. The standard InChI is InChI=1S/C23H24ClN5O2/c1-14-12-15(24)8-9-16(14)21-27-20(19-13-28(3)10-11-29(19)21)23(31)26-18-7-5-4-6-17(18)22(30)25-2/h4-9,12H,10-11,13H2,1-3H3,(H,25,30)(H,26,31). The van der Waals surface area contributed by atoms with Gasteiger partial charge in [-0.15, -0.1) is 0 Å². The predicted octanol–water partition coefficient (Wildman–Crippen LogP) is 3.57. The van der Waals surface area contributed by atoms with Crippen molar-refractivity contribution in [1.82, 2.24) is 19.8 Å². The van der Waals surface area contributed by atoms with Crippen LogP contribution in [0.5, 0.6) is 0 Å². The van der Waals surface area contributed by atoms with E-state index in [9.17, 15) is 9.59 Å². The first-order valence-electron chi connectivity index (χ1n) is 10.1. The lowest BCUT2D eigenvalue weighted by molar-refractivity contribution is 0.0964. The fourth-order valence-electron chi connectivity index (χ4n) is 3.86. The summed E-state index contributed by atoms with van der Waals surface area (Å²) >= 11 is 6.13. The SMILES string of the molecule is CNC(=O)c1ccccc1NC(=O)c1nc(-c2ccc(Cl)cc2C)n2c1CN(C)CC2. The molecule has 0 bridgehead atoms. The maximum Gasteiger partial charge on any atom is 0.276 e. The zero-order chi connectivity index (χ0) is 22.1. The number of hydrogen-bond donors (Lipinski definition) is 2. The minimum absolute atomic E-state index is 0.264. The van der Waals surface area contributed by atoms with E-state index in [0.717, 1.165) is 35.7 Å². The van der Waals surface area contributed by atoms with Crippen molar-refractivity contribution in [2.45, 2.75) is 20.0 Å². The molecule has 2 N–H and O–H groups in total. The predicted molar refractivity (Wildman–Crippen MR) is 122 cm³/mol. The molecule has 0 spiro atoms. The van der Waals surface area contributed by atoms with Crippen LogP contribution in [0.4, 0.5) is 5.69 Å². The maximum absolute atomic E-state index is 13.3. The Balaban J connectivity index is 1.76. The summed E-state index contributed by atoms with van der Waals surface area (Å²) in [7, 11) is 3.58. The van der Waals surface area contributed by atoms with Gasteiger partial charge in [-0.2, -0.15) is 0 Å². The normalized spacial score (nSPS) is 13.5. The van der Waals surface area contributed by atoms with Crippen LogP contribution < -0.4 is 10.6 Å². The van der Waals surface area contributed by atoms with Crippen LogP contribution in [0.15, 0.2) is 42.5 Å². The van der Waals surface area contributed by atoms with Crippen LogP contribution in [0.3, 0.4) is 0 Å². The lowest BCUT2D eigenvalue weighted by Crippen LogP contribution is -2.32. The van der Waals surface area contributed by atoms with Gasteiger partial charge in [0.05, 0.1) is 16.9 Å². The van der Waals surface area contributed by atoms with E-state index in [-0.39, 0.29) is 11.8 Å². The molecule has 0 saturated carbocycles. The highest BCUT2D eigenvalue weighted by molar-refractivity contribution is 6.30. The third kappa shape index (κ3) is 4.06. The Bertz CT molecular complexity index is 1170. The maximum atomic E-state index is 13.3. The number of anilines is 1. The van der Waals surface area contributed by atoms with Crippen molar-refractivity contribution in [2.24, 2.45) is 0 Å². The van der Waals surface area contributed by atoms with Gasteiger partial charge in [-0.1, -0.05) is 23.7 Å². The van der Waals surface area contributed by atoms with Gasteiger partial charge in [-0.05, 0) is 49.9 Å². The molecule has 0 unspecified atom stereocenters. The van der Waals surface area contributed by atoms with Crippen LogP contribution in [0.25, 0.3) is 11.4 Å². The van der Waals surface area contributed by atoms with E-state index in [1.807, 2.05) is 32.2 Å². The number of para-hydroxylation sites is 1. The van der Waals surface area contributed by atoms with Gasteiger partial charge in [0, 0.05) is 37.3 Å². The number of aryl methyl sites for hydroxylation is 1. The number of halogens is 1. The number of fused-ring (bicyclic) bond motifs is 1. The largest absolute Gasteiger partial charge is 0.355 e. The first-order chi connectivity index (χ1) is 14.9. The van der Waals surface area contributed by atoms with E-state index in [0.29, 0.717) is 28.5 Å². The van der Waals surface area contributed by atoms with Gasteiger partial charge in [0.2, 0.25) is 0 Å². The van der Waals surface area contributed by atoms with Gasteiger partial charge < -0.3 is 15.2 Å². The Morgan fingerprint density at radius 3 is 2.61 bits per heavy atom. The summed E-state index contributed by atoms with van der Waals surface area (Å²) in [5.74, 6) is 0.148.